The smallest absolute Gasteiger partial charge is 0.313 e. The van der Waals surface area contributed by atoms with Crippen LogP contribution < -0.4 is 10.1 Å². The summed E-state index contributed by atoms with van der Waals surface area (Å²) in [5.74, 6) is 0.0708. The fourth-order valence-corrected chi connectivity index (χ4v) is 1.93. The first-order chi connectivity index (χ1) is 8.63. The minimum absolute atomic E-state index is 0.0158. The first-order valence-corrected chi connectivity index (χ1v) is 6.51. The third-order valence-corrected chi connectivity index (χ3v) is 3.02. The van der Waals surface area contributed by atoms with Gasteiger partial charge in [-0.1, -0.05) is 12.1 Å². The number of para-hydroxylation sites is 2. The van der Waals surface area contributed by atoms with Crippen molar-refractivity contribution in [2.75, 3.05) is 23.9 Å². The van der Waals surface area contributed by atoms with Gasteiger partial charge in [0.15, 0.2) is 0 Å². The van der Waals surface area contributed by atoms with Gasteiger partial charge >= 0.3 is 5.97 Å². The number of anilines is 1. The molecule has 0 aliphatic heterocycles. The second-order valence-electron chi connectivity index (χ2n) is 3.44. The maximum absolute atomic E-state index is 11.6. The van der Waals surface area contributed by atoms with Crippen LogP contribution in [0.1, 0.15) is 6.42 Å². The largest absolute Gasteiger partial charge is 0.495 e. The van der Waals surface area contributed by atoms with Gasteiger partial charge < -0.3 is 15.2 Å². The molecule has 0 spiro atoms. The average molecular weight is 269 g/mol. The number of carboxylic acid groups (broad SMARTS) is 1. The quantitative estimate of drug-likeness (QED) is 0.739. The Kier molecular flexibility index (Phi) is 6.07. The number of methoxy groups -OCH3 is 1. The monoisotopic (exact) mass is 269 g/mol. The average Bonchev–Trinajstić information content (AvgIpc) is 2.35. The summed E-state index contributed by atoms with van der Waals surface area (Å²) in [5.41, 5.74) is 0.619. The van der Waals surface area contributed by atoms with E-state index in [4.69, 9.17) is 9.84 Å². The van der Waals surface area contributed by atoms with Gasteiger partial charge in [0.1, 0.15) is 5.75 Å². The van der Waals surface area contributed by atoms with Crippen LogP contribution in [0.4, 0.5) is 5.69 Å². The zero-order valence-corrected chi connectivity index (χ0v) is 10.8. The minimum Gasteiger partial charge on any atom is -0.495 e. The van der Waals surface area contributed by atoms with E-state index in [-0.39, 0.29) is 18.1 Å². The number of hydrogen-bond acceptors (Lipinski definition) is 4. The van der Waals surface area contributed by atoms with Gasteiger partial charge in [0.2, 0.25) is 5.91 Å². The number of amides is 1. The van der Waals surface area contributed by atoms with Crippen molar-refractivity contribution < 1.29 is 19.4 Å². The van der Waals surface area contributed by atoms with Gasteiger partial charge in [-0.15, -0.1) is 11.8 Å². The van der Waals surface area contributed by atoms with E-state index in [0.717, 1.165) is 0 Å². The minimum atomic E-state index is -0.870. The second-order valence-corrected chi connectivity index (χ2v) is 4.55. The molecule has 0 saturated carbocycles. The molecule has 0 aliphatic carbocycles. The Morgan fingerprint density at radius 1 is 1.39 bits per heavy atom. The van der Waals surface area contributed by atoms with Gasteiger partial charge in [-0.2, -0.15) is 0 Å². The van der Waals surface area contributed by atoms with Crippen LogP contribution in [0, 0.1) is 0 Å². The van der Waals surface area contributed by atoms with E-state index in [9.17, 15) is 9.59 Å². The lowest BCUT2D eigenvalue weighted by Crippen LogP contribution is -2.13. The number of hydrogen-bond donors (Lipinski definition) is 2. The van der Waals surface area contributed by atoms with Crippen LogP contribution in [-0.4, -0.2) is 35.6 Å². The molecule has 0 atom stereocenters. The molecular formula is C12H15NO4S. The van der Waals surface area contributed by atoms with Gasteiger partial charge in [-0.3, -0.25) is 9.59 Å². The fraction of sp³-hybridized carbons (Fsp3) is 0.333. The molecule has 0 bridgehead atoms. The van der Waals surface area contributed by atoms with E-state index >= 15 is 0 Å². The van der Waals surface area contributed by atoms with Crippen molar-refractivity contribution >= 4 is 29.3 Å². The maximum Gasteiger partial charge on any atom is 0.313 e. The van der Waals surface area contributed by atoms with E-state index in [1.807, 2.05) is 6.07 Å². The van der Waals surface area contributed by atoms with Gasteiger partial charge in [0, 0.05) is 12.2 Å². The number of carbonyl (C=O) groups excluding carboxylic acids is 1. The number of aliphatic carboxylic acids is 1. The first kappa shape index (κ1) is 14.4. The number of rotatable bonds is 7. The highest BCUT2D eigenvalue weighted by Crippen LogP contribution is 2.23. The lowest BCUT2D eigenvalue weighted by molar-refractivity contribution is -0.134. The topological polar surface area (TPSA) is 75.6 Å². The fourth-order valence-electron chi connectivity index (χ4n) is 1.28. The van der Waals surface area contributed by atoms with Gasteiger partial charge in [0.25, 0.3) is 0 Å². The molecular weight excluding hydrogens is 254 g/mol. The number of carboxylic acids is 1. The van der Waals surface area contributed by atoms with Crippen molar-refractivity contribution in [2.24, 2.45) is 0 Å². The number of ether oxygens (including phenoxy) is 1. The molecule has 1 rings (SSSR count). The Morgan fingerprint density at radius 3 is 2.78 bits per heavy atom. The van der Waals surface area contributed by atoms with E-state index in [0.29, 0.717) is 17.2 Å². The third kappa shape index (κ3) is 5.09. The summed E-state index contributed by atoms with van der Waals surface area (Å²) < 4.78 is 5.11. The standard InChI is InChI=1S/C12H15NO4S/c1-17-10-5-3-2-4-9(10)13-11(14)6-7-18-8-12(15)16/h2-5H,6-8H2,1H3,(H,13,14)(H,15,16). The Hall–Kier alpha value is -1.69. The van der Waals surface area contributed by atoms with Crippen molar-refractivity contribution in [1.29, 1.82) is 0 Å². The Bertz CT molecular complexity index is 422. The molecule has 1 aromatic carbocycles. The van der Waals surface area contributed by atoms with Crippen LogP contribution in [0.2, 0.25) is 0 Å². The number of nitrogens with one attached hydrogen (secondary N) is 1. The predicted octanol–water partition coefficient (Wildman–Crippen LogP) is 1.84. The van der Waals surface area contributed by atoms with Crippen molar-refractivity contribution in [3.63, 3.8) is 0 Å². The molecule has 0 fully saturated rings. The van der Waals surface area contributed by atoms with Crippen LogP contribution in [0.25, 0.3) is 0 Å². The van der Waals surface area contributed by atoms with Gasteiger partial charge in [-0.05, 0) is 12.1 Å². The molecule has 0 radical (unpaired) electrons. The maximum atomic E-state index is 11.6. The Balaban J connectivity index is 2.37. The van der Waals surface area contributed by atoms with E-state index in [1.54, 1.807) is 18.2 Å². The second kappa shape index (κ2) is 7.60. The van der Waals surface area contributed by atoms with E-state index < -0.39 is 5.97 Å². The van der Waals surface area contributed by atoms with Gasteiger partial charge in [0.05, 0.1) is 18.6 Å². The summed E-state index contributed by atoms with van der Waals surface area (Å²) in [6.45, 7) is 0. The molecule has 18 heavy (non-hydrogen) atoms. The van der Waals surface area contributed by atoms with E-state index in [2.05, 4.69) is 5.32 Å². The van der Waals surface area contributed by atoms with Gasteiger partial charge in [-0.25, -0.2) is 0 Å². The third-order valence-electron chi connectivity index (χ3n) is 2.08. The van der Waals surface area contributed by atoms with Crippen LogP contribution in [-0.2, 0) is 9.59 Å². The molecule has 98 valence electrons. The molecule has 0 saturated heterocycles. The number of carbonyl (C=O) groups is 2. The molecule has 0 aromatic heterocycles. The summed E-state index contributed by atoms with van der Waals surface area (Å²) in [6.07, 6.45) is 0.274. The summed E-state index contributed by atoms with van der Waals surface area (Å²) >= 11 is 1.22. The van der Waals surface area contributed by atoms with E-state index in [1.165, 1.54) is 18.9 Å². The highest BCUT2D eigenvalue weighted by atomic mass is 32.2. The SMILES string of the molecule is COc1ccccc1NC(=O)CCSCC(=O)O. The van der Waals surface area contributed by atoms with Crippen molar-refractivity contribution in [3.8, 4) is 5.75 Å². The zero-order valence-electron chi connectivity index (χ0n) is 10.0. The summed E-state index contributed by atoms with van der Waals surface area (Å²) in [7, 11) is 1.54. The number of thioether (sulfide) groups is 1. The highest BCUT2D eigenvalue weighted by molar-refractivity contribution is 7.99. The molecule has 0 heterocycles. The predicted molar refractivity (Wildman–Crippen MR) is 71.2 cm³/mol. The first-order valence-electron chi connectivity index (χ1n) is 5.36. The molecule has 6 heteroatoms. The lowest BCUT2D eigenvalue weighted by Gasteiger charge is -2.09. The van der Waals surface area contributed by atoms with Crippen molar-refractivity contribution in [2.45, 2.75) is 6.42 Å². The highest BCUT2D eigenvalue weighted by Gasteiger charge is 2.07. The van der Waals surface area contributed by atoms with Crippen LogP contribution >= 0.6 is 11.8 Å². The molecule has 1 amide bonds. The van der Waals surface area contributed by atoms with Crippen molar-refractivity contribution in [1.82, 2.24) is 0 Å². The zero-order chi connectivity index (χ0) is 13.4. The Labute approximate surface area is 110 Å². The van der Waals surface area contributed by atoms with Crippen LogP contribution in [0.15, 0.2) is 24.3 Å². The van der Waals surface area contributed by atoms with Crippen LogP contribution in [0.3, 0.4) is 0 Å². The molecule has 1 aromatic rings. The number of benzene rings is 1. The lowest BCUT2D eigenvalue weighted by atomic mass is 10.3. The summed E-state index contributed by atoms with van der Waals surface area (Å²) in [5, 5.41) is 11.2. The molecule has 5 nitrogen and oxygen atoms in total. The van der Waals surface area contributed by atoms with Crippen LogP contribution in [0.5, 0.6) is 5.75 Å². The molecule has 0 unspecified atom stereocenters. The van der Waals surface area contributed by atoms with Crippen molar-refractivity contribution in [3.05, 3.63) is 24.3 Å². The molecule has 2 N–H and O–H groups in total. The Morgan fingerprint density at radius 2 is 2.11 bits per heavy atom. The summed E-state index contributed by atoms with van der Waals surface area (Å²) in [4.78, 5) is 21.9. The summed E-state index contributed by atoms with van der Waals surface area (Å²) in [6, 6.07) is 7.13. The normalized spacial score (nSPS) is 9.83. The molecule has 0 aliphatic rings.